The molecule has 17 heavy (non-hydrogen) atoms. The third kappa shape index (κ3) is 12.1. The number of nitrogens with two attached hydrogens (primary N) is 2. The second-order valence-electron chi connectivity index (χ2n) is 3.04. The molecule has 0 saturated heterocycles. The summed E-state index contributed by atoms with van der Waals surface area (Å²) < 4.78 is 0. The Morgan fingerprint density at radius 1 is 1.35 bits per heavy atom. The number of carboxylic acid groups (broad SMARTS) is 1. The number of carbonyl (C=O) groups excluding carboxylic acids is 1. The standard InChI is InChI=1S/C8H16N4O3.2H2O/c1-5(13)12-6(7(14)15)3-2-4-11-8(9)10;;/h6H,2-4H2,1H3,(H,12,13)(H,14,15)(H4,9,10,11);2*1H2/t6-;;/m0../s1. The molecule has 0 unspecified atom stereocenters. The SMILES string of the molecule is CC(=O)N[C@@H](CCCN=C(N)N)C(=O)O.O.O. The highest BCUT2D eigenvalue weighted by molar-refractivity contribution is 5.82. The Kier molecular flexibility index (Phi) is 12.9. The third-order valence-corrected chi connectivity index (χ3v) is 1.62. The van der Waals surface area contributed by atoms with E-state index >= 15 is 0 Å². The summed E-state index contributed by atoms with van der Waals surface area (Å²) in [4.78, 5) is 25.0. The van der Waals surface area contributed by atoms with Crippen molar-refractivity contribution < 1.29 is 25.6 Å². The van der Waals surface area contributed by atoms with E-state index < -0.39 is 12.0 Å². The zero-order valence-corrected chi connectivity index (χ0v) is 9.56. The summed E-state index contributed by atoms with van der Waals surface area (Å²) in [6.07, 6.45) is 0.792. The highest BCUT2D eigenvalue weighted by Gasteiger charge is 2.17. The molecule has 9 heteroatoms. The molecule has 0 rings (SSSR count). The van der Waals surface area contributed by atoms with Crippen molar-refractivity contribution in [1.29, 1.82) is 0 Å². The summed E-state index contributed by atoms with van der Waals surface area (Å²) in [5.41, 5.74) is 10.2. The maximum Gasteiger partial charge on any atom is 0.326 e. The average molecular weight is 252 g/mol. The Morgan fingerprint density at radius 2 is 1.88 bits per heavy atom. The molecule has 1 atom stereocenters. The highest BCUT2D eigenvalue weighted by Crippen LogP contribution is 1.98. The molecule has 0 aromatic rings. The zero-order valence-electron chi connectivity index (χ0n) is 9.56. The van der Waals surface area contributed by atoms with Crippen LogP contribution in [0.4, 0.5) is 0 Å². The van der Waals surface area contributed by atoms with Gasteiger partial charge in [0.25, 0.3) is 0 Å². The van der Waals surface area contributed by atoms with Crippen LogP contribution in [0.1, 0.15) is 19.8 Å². The van der Waals surface area contributed by atoms with Crippen molar-refractivity contribution in [3.05, 3.63) is 0 Å². The van der Waals surface area contributed by atoms with Crippen molar-refractivity contribution in [3.63, 3.8) is 0 Å². The van der Waals surface area contributed by atoms with E-state index in [4.69, 9.17) is 16.6 Å². The largest absolute Gasteiger partial charge is 0.480 e. The van der Waals surface area contributed by atoms with Crippen LogP contribution in [0.5, 0.6) is 0 Å². The van der Waals surface area contributed by atoms with Gasteiger partial charge in [0, 0.05) is 13.5 Å². The summed E-state index contributed by atoms with van der Waals surface area (Å²) in [6, 6.07) is -0.878. The molecule has 0 saturated carbocycles. The number of carboxylic acids is 1. The van der Waals surface area contributed by atoms with Crippen LogP contribution in [0, 0.1) is 0 Å². The topological polar surface area (TPSA) is 194 Å². The maximum absolute atomic E-state index is 10.7. The first-order valence-electron chi connectivity index (χ1n) is 4.48. The number of guanidine groups is 1. The van der Waals surface area contributed by atoms with Gasteiger partial charge in [0.1, 0.15) is 6.04 Å². The van der Waals surface area contributed by atoms with Gasteiger partial charge in [-0.15, -0.1) is 0 Å². The Morgan fingerprint density at radius 3 is 2.24 bits per heavy atom. The Labute approximate surface area is 98.5 Å². The van der Waals surface area contributed by atoms with E-state index in [2.05, 4.69) is 10.3 Å². The van der Waals surface area contributed by atoms with Crippen molar-refractivity contribution in [2.24, 2.45) is 16.5 Å². The first-order chi connectivity index (χ1) is 6.93. The molecule has 0 aromatic heterocycles. The number of amides is 1. The molecule has 1 amide bonds. The van der Waals surface area contributed by atoms with Crippen molar-refractivity contribution >= 4 is 17.8 Å². The molecule has 10 N–H and O–H groups in total. The second-order valence-corrected chi connectivity index (χ2v) is 3.04. The van der Waals surface area contributed by atoms with Crippen molar-refractivity contribution in [2.75, 3.05) is 6.54 Å². The van der Waals surface area contributed by atoms with Crippen LogP contribution in [0.3, 0.4) is 0 Å². The van der Waals surface area contributed by atoms with E-state index in [9.17, 15) is 9.59 Å². The van der Waals surface area contributed by atoms with Gasteiger partial charge in [0.15, 0.2) is 5.96 Å². The van der Waals surface area contributed by atoms with Crippen LogP contribution >= 0.6 is 0 Å². The van der Waals surface area contributed by atoms with E-state index in [0.29, 0.717) is 19.4 Å². The molecule has 9 nitrogen and oxygen atoms in total. The van der Waals surface area contributed by atoms with Crippen LogP contribution in [-0.2, 0) is 9.59 Å². The van der Waals surface area contributed by atoms with Crippen molar-refractivity contribution in [2.45, 2.75) is 25.8 Å². The van der Waals surface area contributed by atoms with E-state index in [0.717, 1.165) is 0 Å². The first-order valence-corrected chi connectivity index (χ1v) is 4.48. The van der Waals surface area contributed by atoms with Gasteiger partial charge in [0.05, 0.1) is 0 Å². The van der Waals surface area contributed by atoms with E-state index in [1.807, 2.05) is 0 Å². The molecule has 0 radical (unpaired) electrons. The minimum atomic E-state index is -1.06. The molecule has 102 valence electrons. The lowest BCUT2D eigenvalue weighted by Gasteiger charge is -2.11. The summed E-state index contributed by atoms with van der Waals surface area (Å²) >= 11 is 0. The minimum absolute atomic E-state index is 0. The quantitative estimate of drug-likeness (QED) is 0.221. The molecule has 0 aliphatic rings. The number of nitrogens with zero attached hydrogens (tertiary/aromatic N) is 1. The Bertz CT molecular complexity index is 265. The van der Waals surface area contributed by atoms with Crippen LogP contribution in [0.15, 0.2) is 4.99 Å². The molecular formula is C8H20N4O5. The van der Waals surface area contributed by atoms with Crippen molar-refractivity contribution in [3.8, 4) is 0 Å². The monoisotopic (exact) mass is 252 g/mol. The lowest BCUT2D eigenvalue weighted by Crippen LogP contribution is -2.39. The zero-order chi connectivity index (χ0) is 11.8. The number of carbonyl (C=O) groups is 2. The van der Waals surface area contributed by atoms with Crippen LogP contribution < -0.4 is 16.8 Å². The molecule has 0 aliphatic carbocycles. The number of nitrogens with one attached hydrogen (secondary N) is 1. The average Bonchev–Trinajstić information content (AvgIpc) is 2.08. The fourth-order valence-electron chi connectivity index (χ4n) is 1.01. The maximum atomic E-state index is 10.7. The molecule has 0 spiro atoms. The molecule has 0 fully saturated rings. The van der Waals surface area contributed by atoms with Gasteiger partial charge in [-0.3, -0.25) is 9.79 Å². The number of rotatable bonds is 6. The number of hydrogen-bond acceptors (Lipinski definition) is 3. The van der Waals surface area contributed by atoms with Gasteiger partial charge in [-0.2, -0.15) is 0 Å². The minimum Gasteiger partial charge on any atom is -0.480 e. The number of aliphatic imine (C=N–C) groups is 1. The van der Waals surface area contributed by atoms with Gasteiger partial charge >= 0.3 is 5.97 Å². The Hall–Kier alpha value is -1.87. The summed E-state index contributed by atoms with van der Waals surface area (Å²) in [5.74, 6) is -1.46. The van der Waals surface area contributed by atoms with Gasteiger partial charge in [-0.05, 0) is 12.8 Å². The fraction of sp³-hybridized carbons (Fsp3) is 0.625. The number of aliphatic carboxylic acids is 1. The molecule has 0 aliphatic heterocycles. The second kappa shape index (κ2) is 10.6. The lowest BCUT2D eigenvalue weighted by molar-refractivity contribution is -0.141. The smallest absolute Gasteiger partial charge is 0.326 e. The van der Waals surface area contributed by atoms with E-state index in [-0.39, 0.29) is 22.8 Å². The third-order valence-electron chi connectivity index (χ3n) is 1.62. The normalized spacial score (nSPS) is 10.2. The van der Waals surface area contributed by atoms with Crippen molar-refractivity contribution in [1.82, 2.24) is 5.32 Å². The fourth-order valence-corrected chi connectivity index (χ4v) is 1.01. The molecule has 0 bridgehead atoms. The Balaban J connectivity index is -0.000000980. The van der Waals surface area contributed by atoms with E-state index in [1.54, 1.807) is 0 Å². The highest BCUT2D eigenvalue weighted by atomic mass is 16.4. The summed E-state index contributed by atoms with van der Waals surface area (Å²) in [6.45, 7) is 1.62. The molecule has 0 aromatic carbocycles. The molecular weight excluding hydrogens is 232 g/mol. The van der Waals surface area contributed by atoms with E-state index in [1.165, 1.54) is 6.92 Å². The lowest BCUT2D eigenvalue weighted by atomic mass is 10.1. The molecule has 0 heterocycles. The van der Waals surface area contributed by atoms with Crippen LogP contribution in [0.25, 0.3) is 0 Å². The van der Waals surface area contributed by atoms with Gasteiger partial charge < -0.3 is 32.8 Å². The van der Waals surface area contributed by atoms with Gasteiger partial charge in [-0.25, -0.2) is 4.79 Å². The number of hydrogen-bond donors (Lipinski definition) is 4. The predicted molar refractivity (Wildman–Crippen MR) is 62.4 cm³/mol. The summed E-state index contributed by atoms with van der Waals surface area (Å²) in [7, 11) is 0. The predicted octanol–water partition coefficient (Wildman–Crippen LogP) is -3.02. The summed E-state index contributed by atoms with van der Waals surface area (Å²) in [5, 5.41) is 11.0. The van der Waals surface area contributed by atoms with Gasteiger partial charge in [0.2, 0.25) is 5.91 Å². The first kappa shape index (κ1) is 20.5. The van der Waals surface area contributed by atoms with Crippen LogP contribution in [0.2, 0.25) is 0 Å². The van der Waals surface area contributed by atoms with Crippen LogP contribution in [-0.4, -0.2) is 46.5 Å². The van der Waals surface area contributed by atoms with Gasteiger partial charge in [-0.1, -0.05) is 0 Å².